The summed E-state index contributed by atoms with van der Waals surface area (Å²) in [5.74, 6) is 0.746. The molecule has 4 heteroatoms. The molecule has 0 aromatic heterocycles. The van der Waals surface area contributed by atoms with Crippen LogP contribution in [0.2, 0.25) is 0 Å². The number of nitro groups is 1. The Morgan fingerprint density at radius 2 is 2.27 bits per heavy atom. The highest BCUT2D eigenvalue weighted by atomic mass is 32.1. The fourth-order valence-electron chi connectivity index (χ4n) is 1.32. The second-order valence-corrected chi connectivity index (χ2v) is 3.63. The number of benzene rings is 1. The Hall–Kier alpha value is -1.29. The van der Waals surface area contributed by atoms with Gasteiger partial charge in [-0.05, 0) is 24.7 Å². The summed E-state index contributed by atoms with van der Waals surface area (Å²) >= 11 is 4.07. The molecule has 0 aliphatic rings. The smallest absolute Gasteiger partial charge is 0.258 e. The van der Waals surface area contributed by atoms with Crippen molar-refractivity contribution in [2.24, 2.45) is 0 Å². The number of nitrogens with zero attached hydrogens (tertiary/aromatic N) is 1. The number of nitro benzene ring substituents is 1. The maximum Gasteiger partial charge on any atom is 0.276 e. The zero-order chi connectivity index (χ0) is 11.3. The van der Waals surface area contributed by atoms with Gasteiger partial charge in [0, 0.05) is 6.07 Å². The van der Waals surface area contributed by atoms with Crippen LogP contribution >= 0.6 is 12.6 Å². The number of allylic oxidation sites excluding steroid dienone is 1. The van der Waals surface area contributed by atoms with E-state index in [-0.39, 0.29) is 10.6 Å². The van der Waals surface area contributed by atoms with Crippen molar-refractivity contribution >= 4 is 24.4 Å². The van der Waals surface area contributed by atoms with Crippen LogP contribution in [-0.2, 0) is 0 Å². The zero-order valence-electron chi connectivity index (χ0n) is 8.51. The van der Waals surface area contributed by atoms with Crippen LogP contribution < -0.4 is 0 Å². The Morgan fingerprint density at radius 3 is 2.87 bits per heavy atom. The first kappa shape index (κ1) is 11.8. The molecule has 0 heterocycles. The SMILES string of the molecule is Cc1cccc([N+](=O)[O-])c1C=CCCS. The Balaban J connectivity index is 3.07. The maximum absolute atomic E-state index is 10.8. The normalized spacial score (nSPS) is 10.8. The van der Waals surface area contributed by atoms with E-state index in [0.717, 1.165) is 17.7 Å². The van der Waals surface area contributed by atoms with Gasteiger partial charge in [-0.2, -0.15) is 12.6 Å². The quantitative estimate of drug-likeness (QED) is 0.484. The highest BCUT2D eigenvalue weighted by Crippen LogP contribution is 2.23. The number of rotatable bonds is 4. The standard InChI is InChI=1S/C11H13NO2S/c1-9-5-4-7-11(12(13)14)10(9)6-2-3-8-15/h2,4-7,15H,3,8H2,1H3. The van der Waals surface area contributed by atoms with Gasteiger partial charge in [-0.1, -0.05) is 24.3 Å². The number of aryl methyl sites for hydroxylation is 1. The molecule has 0 fully saturated rings. The van der Waals surface area contributed by atoms with Crippen LogP contribution in [0.1, 0.15) is 17.5 Å². The minimum Gasteiger partial charge on any atom is -0.258 e. The third-order valence-electron chi connectivity index (χ3n) is 2.08. The highest BCUT2D eigenvalue weighted by molar-refractivity contribution is 7.80. The van der Waals surface area contributed by atoms with Gasteiger partial charge in [0.1, 0.15) is 0 Å². The summed E-state index contributed by atoms with van der Waals surface area (Å²) in [5, 5.41) is 10.8. The summed E-state index contributed by atoms with van der Waals surface area (Å²) < 4.78 is 0. The van der Waals surface area contributed by atoms with Crippen molar-refractivity contribution in [3.05, 3.63) is 45.5 Å². The van der Waals surface area contributed by atoms with E-state index in [1.165, 1.54) is 6.07 Å². The Labute approximate surface area is 94.4 Å². The van der Waals surface area contributed by atoms with E-state index in [4.69, 9.17) is 0 Å². The van der Waals surface area contributed by atoms with Crippen molar-refractivity contribution in [3.8, 4) is 0 Å². The van der Waals surface area contributed by atoms with E-state index >= 15 is 0 Å². The first-order chi connectivity index (χ1) is 7.16. The molecule has 0 saturated heterocycles. The van der Waals surface area contributed by atoms with Crippen LogP contribution in [0.5, 0.6) is 0 Å². The van der Waals surface area contributed by atoms with Crippen molar-refractivity contribution < 1.29 is 4.92 Å². The summed E-state index contributed by atoms with van der Waals surface area (Å²) in [6.07, 6.45) is 4.51. The van der Waals surface area contributed by atoms with Crippen molar-refractivity contribution in [2.45, 2.75) is 13.3 Å². The first-order valence-electron chi connectivity index (χ1n) is 4.68. The largest absolute Gasteiger partial charge is 0.276 e. The number of hydrogen-bond acceptors (Lipinski definition) is 3. The third kappa shape index (κ3) is 3.09. The second kappa shape index (κ2) is 5.56. The average Bonchev–Trinajstić information content (AvgIpc) is 2.20. The molecule has 0 aliphatic heterocycles. The Kier molecular flexibility index (Phi) is 4.37. The lowest BCUT2D eigenvalue weighted by atomic mass is 10.1. The molecule has 0 spiro atoms. The van der Waals surface area contributed by atoms with E-state index in [0.29, 0.717) is 5.56 Å². The summed E-state index contributed by atoms with van der Waals surface area (Å²) in [6.45, 7) is 1.87. The van der Waals surface area contributed by atoms with Crippen LogP contribution in [0.15, 0.2) is 24.3 Å². The molecular formula is C11H13NO2S. The molecule has 0 bridgehead atoms. The molecule has 1 rings (SSSR count). The summed E-state index contributed by atoms with van der Waals surface area (Å²) in [7, 11) is 0. The van der Waals surface area contributed by atoms with Gasteiger partial charge in [-0.15, -0.1) is 0 Å². The van der Waals surface area contributed by atoms with Crippen LogP contribution in [0.4, 0.5) is 5.69 Å². The molecule has 0 aliphatic carbocycles. The van der Waals surface area contributed by atoms with Gasteiger partial charge in [0.05, 0.1) is 10.5 Å². The van der Waals surface area contributed by atoms with Gasteiger partial charge in [0.2, 0.25) is 0 Å². The van der Waals surface area contributed by atoms with E-state index < -0.39 is 0 Å². The molecule has 0 N–H and O–H groups in total. The lowest BCUT2D eigenvalue weighted by Crippen LogP contribution is -1.93. The Bertz CT molecular complexity index is 388. The second-order valence-electron chi connectivity index (χ2n) is 3.18. The predicted octanol–water partition coefficient (Wildman–Crippen LogP) is 3.24. The zero-order valence-corrected chi connectivity index (χ0v) is 9.41. The van der Waals surface area contributed by atoms with Crippen molar-refractivity contribution in [1.82, 2.24) is 0 Å². The van der Waals surface area contributed by atoms with Gasteiger partial charge in [0.25, 0.3) is 5.69 Å². The molecule has 1 aromatic rings. The fraction of sp³-hybridized carbons (Fsp3) is 0.273. The predicted molar refractivity (Wildman–Crippen MR) is 65.3 cm³/mol. The van der Waals surface area contributed by atoms with E-state index in [1.807, 2.05) is 19.1 Å². The molecule has 15 heavy (non-hydrogen) atoms. The molecule has 0 saturated carbocycles. The van der Waals surface area contributed by atoms with Gasteiger partial charge in [-0.3, -0.25) is 10.1 Å². The van der Waals surface area contributed by atoms with Crippen LogP contribution in [0.25, 0.3) is 6.08 Å². The molecule has 0 radical (unpaired) electrons. The van der Waals surface area contributed by atoms with Crippen molar-refractivity contribution in [1.29, 1.82) is 0 Å². The van der Waals surface area contributed by atoms with Crippen LogP contribution in [-0.4, -0.2) is 10.7 Å². The lowest BCUT2D eigenvalue weighted by Gasteiger charge is -2.01. The monoisotopic (exact) mass is 223 g/mol. The van der Waals surface area contributed by atoms with Gasteiger partial charge < -0.3 is 0 Å². The van der Waals surface area contributed by atoms with Gasteiger partial charge in [0.15, 0.2) is 0 Å². The van der Waals surface area contributed by atoms with Crippen molar-refractivity contribution in [2.75, 3.05) is 5.75 Å². The summed E-state index contributed by atoms with van der Waals surface area (Å²) in [5.41, 5.74) is 1.76. The van der Waals surface area contributed by atoms with Gasteiger partial charge >= 0.3 is 0 Å². The molecule has 80 valence electrons. The lowest BCUT2D eigenvalue weighted by molar-refractivity contribution is -0.385. The van der Waals surface area contributed by atoms with E-state index in [9.17, 15) is 10.1 Å². The fourth-order valence-corrected chi connectivity index (χ4v) is 1.47. The maximum atomic E-state index is 10.8. The van der Waals surface area contributed by atoms with Crippen LogP contribution in [0.3, 0.4) is 0 Å². The summed E-state index contributed by atoms with van der Waals surface area (Å²) in [4.78, 5) is 10.4. The first-order valence-corrected chi connectivity index (χ1v) is 5.31. The molecule has 0 atom stereocenters. The topological polar surface area (TPSA) is 43.1 Å². The number of hydrogen-bond donors (Lipinski definition) is 1. The van der Waals surface area contributed by atoms with E-state index in [1.54, 1.807) is 12.1 Å². The number of thiol groups is 1. The van der Waals surface area contributed by atoms with Crippen molar-refractivity contribution in [3.63, 3.8) is 0 Å². The van der Waals surface area contributed by atoms with Gasteiger partial charge in [-0.25, -0.2) is 0 Å². The molecule has 3 nitrogen and oxygen atoms in total. The molecule has 0 unspecified atom stereocenters. The Morgan fingerprint density at radius 1 is 1.53 bits per heavy atom. The minimum atomic E-state index is -0.354. The average molecular weight is 223 g/mol. The molecular weight excluding hydrogens is 210 g/mol. The van der Waals surface area contributed by atoms with E-state index in [2.05, 4.69) is 12.6 Å². The summed E-state index contributed by atoms with van der Waals surface area (Å²) in [6, 6.07) is 5.09. The molecule has 1 aromatic carbocycles. The molecule has 0 amide bonds. The van der Waals surface area contributed by atoms with Crippen LogP contribution in [0, 0.1) is 17.0 Å². The highest BCUT2D eigenvalue weighted by Gasteiger charge is 2.11. The third-order valence-corrected chi connectivity index (χ3v) is 2.34. The minimum absolute atomic E-state index is 0.158.